The van der Waals surface area contributed by atoms with Gasteiger partial charge >= 0.3 is 18.0 Å². The number of carbonyl (C=O) groups is 4. The molecule has 0 aliphatic carbocycles. The Balaban J connectivity index is 1.68. The highest BCUT2D eigenvalue weighted by Crippen LogP contribution is 2.16. The van der Waals surface area contributed by atoms with Crippen molar-refractivity contribution in [1.82, 2.24) is 28.7 Å². The number of amides is 2. The molecule has 0 saturated carbocycles. The monoisotopic (exact) mass is 516 g/mol. The Labute approximate surface area is 211 Å². The van der Waals surface area contributed by atoms with Gasteiger partial charge in [-0.3, -0.25) is 10.1 Å². The summed E-state index contributed by atoms with van der Waals surface area (Å²) in [4.78, 5) is 61.4. The van der Waals surface area contributed by atoms with Gasteiger partial charge in [0.2, 0.25) is 23.4 Å². The van der Waals surface area contributed by atoms with Crippen LogP contribution >= 0.6 is 0 Å². The number of esters is 2. The molecular weight excluding hydrogens is 488 g/mol. The van der Waals surface area contributed by atoms with Gasteiger partial charge in [0.1, 0.15) is 5.60 Å². The van der Waals surface area contributed by atoms with Gasteiger partial charge in [0.05, 0.1) is 12.8 Å². The van der Waals surface area contributed by atoms with Crippen molar-refractivity contribution < 1.29 is 33.4 Å². The van der Waals surface area contributed by atoms with Crippen LogP contribution in [0.5, 0.6) is 5.88 Å². The summed E-state index contributed by atoms with van der Waals surface area (Å²) < 4.78 is 19.4. The number of nitrogens with zero attached hydrogens (tertiary/aromatic N) is 6. The van der Waals surface area contributed by atoms with E-state index in [1.165, 1.54) is 39.3 Å². The molecule has 0 bridgehead atoms. The van der Waals surface area contributed by atoms with Crippen molar-refractivity contribution in [2.24, 2.45) is 21.1 Å². The third-order valence-corrected chi connectivity index (χ3v) is 4.52. The summed E-state index contributed by atoms with van der Waals surface area (Å²) in [6.07, 6.45) is 3.48. The zero-order valence-electron chi connectivity index (χ0n) is 21.5. The predicted octanol–water partition coefficient (Wildman–Crippen LogP) is 1.88. The molecule has 3 rings (SSSR count). The molecular formula is C22H28N8O7. The van der Waals surface area contributed by atoms with Crippen LogP contribution in [-0.4, -0.2) is 64.8 Å². The number of carbonyl (C=O) groups excluding carboxylic acids is 4. The number of hydrogen-bond donors (Lipinski definition) is 2. The number of aromatic nitrogens is 6. The molecule has 198 valence electrons. The first-order valence-electron chi connectivity index (χ1n) is 11.1. The lowest BCUT2D eigenvalue weighted by atomic mass is 10.2. The van der Waals surface area contributed by atoms with Crippen molar-refractivity contribution in [3.8, 4) is 5.88 Å². The van der Waals surface area contributed by atoms with Gasteiger partial charge in [-0.15, -0.1) is 0 Å². The third-order valence-electron chi connectivity index (χ3n) is 4.52. The average Bonchev–Trinajstić information content (AvgIpc) is 3.43. The fourth-order valence-electron chi connectivity index (χ4n) is 3.05. The number of nitrogens with one attached hydrogen (secondary N) is 2. The molecule has 0 aliphatic heterocycles. The molecule has 0 unspecified atom stereocenters. The molecule has 0 atom stereocenters. The second-order valence-corrected chi connectivity index (χ2v) is 8.83. The molecule has 15 nitrogen and oxygen atoms in total. The van der Waals surface area contributed by atoms with E-state index in [1.807, 2.05) is 0 Å². The lowest BCUT2D eigenvalue weighted by molar-refractivity contribution is 0.0504. The van der Waals surface area contributed by atoms with E-state index in [4.69, 9.17) is 14.2 Å². The van der Waals surface area contributed by atoms with Crippen molar-refractivity contribution in [1.29, 1.82) is 0 Å². The Morgan fingerprint density at radius 3 is 1.97 bits per heavy atom. The molecule has 0 spiro atoms. The van der Waals surface area contributed by atoms with Gasteiger partial charge < -0.3 is 33.2 Å². The Morgan fingerprint density at radius 1 is 0.811 bits per heavy atom. The van der Waals surface area contributed by atoms with Crippen LogP contribution in [0.15, 0.2) is 18.6 Å². The predicted molar refractivity (Wildman–Crippen MR) is 128 cm³/mol. The Morgan fingerprint density at radius 2 is 1.35 bits per heavy atom. The summed E-state index contributed by atoms with van der Waals surface area (Å²) >= 11 is 0. The van der Waals surface area contributed by atoms with Crippen LogP contribution in [-0.2, 0) is 30.6 Å². The van der Waals surface area contributed by atoms with Crippen molar-refractivity contribution in [3.05, 3.63) is 36.1 Å². The first-order valence-corrected chi connectivity index (χ1v) is 11.1. The maximum Gasteiger partial charge on any atom is 0.413 e. The van der Waals surface area contributed by atoms with E-state index in [1.54, 1.807) is 41.8 Å². The molecule has 37 heavy (non-hydrogen) atoms. The highest BCUT2D eigenvalue weighted by atomic mass is 16.6. The highest BCUT2D eigenvalue weighted by molar-refractivity contribution is 6.02. The van der Waals surface area contributed by atoms with Crippen molar-refractivity contribution in [2.75, 3.05) is 17.2 Å². The standard InChI is InChI=1S/C22H28N8O7/c1-8-35-19(32)16-27-14(11-30(16)7)36-20(33)17-24-12(9-29(17)6)25-18(31)15-23-13(10-28(15)5)26-21(34)37-22(2,3)4/h9-11H,8H2,1-7H3,(H,25,31)(H,26,34). The molecule has 0 aliphatic rings. The molecule has 3 aromatic heterocycles. The van der Waals surface area contributed by atoms with Crippen LogP contribution in [0.1, 0.15) is 59.6 Å². The summed E-state index contributed by atoms with van der Waals surface area (Å²) in [6, 6.07) is 0. The first-order chi connectivity index (χ1) is 17.3. The fourth-order valence-corrected chi connectivity index (χ4v) is 3.05. The molecule has 2 N–H and O–H groups in total. The summed E-state index contributed by atoms with van der Waals surface area (Å²) in [5, 5.41) is 5.00. The van der Waals surface area contributed by atoms with Gasteiger partial charge in [0.15, 0.2) is 11.6 Å². The lowest BCUT2D eigenvalue weighted by Gasteiger charge is -2.18. The van der Waals surface area contributed by atoms with E-state index in [0.29, 0.717) is 0 Å². The largest absolute Gasteiger partial charge is 0.460 e. The van der Waals surface area contributed by atoms with Gasteiger partial charge in [-0.25, -0.2) is 24.4 Å². The minimum atomic E-state index is -0.864. The van der Waals surface area contributed by atoms with E-state index >= 15 is 0 Å². The molecule has 2 amide bonds. The quantitative estimate of drug-likeness (QED) is 0.441. The van der Waals surface area contributed by atoms with Crippen molar-refractivity contribution in [3.63, 3.8) is 0 Å². The van der Waals surface area contributed by atoms with E-state index in [-0.39, 0.29) is 41.6 Å². The molecule has 0 fully saturated rings. The van der Waals surface area contributed by atoms with Crippen LogP contribution in [0, 0.1) is 0 Å². The van der Waals surface area contributed by atoms with Crippen LogP contribution in [0.25, 0.3) is 0 Å². The Bertz CT molecular complexity index is 1350. The minimum absolute atomic E-state index is 0.0270. The maximum atomic E-state index is 12.7. The van der Waals surface area contributed by atoms with E-state index in [9.17, 15) is 19.2 Å². The van der Waals surface area contributed by atoms with Crippen molar-refractivity contribution >= 4 is 35.6 Å². The Hall–Kier alpha value is -4.69. The highest BCUT2D eigenvalue weighted by Gasteiger charge is 2.23. The summed E-state index contributed by atoms with van der Waals surface area (Å²) in [6.45, 7) is 6.99. The van der Waals surface area contributed by atoms with E-state index < -0.39 is 29.5 Å². The molecule has 3 heterocycles. The topological polar surface area (TPSA) is 173 Å². The lowest BCUT2D eigenvalue weighted by Crippen LogP contribution is -2.27. The second-order valence-electron chi connectivity index (χ2n) is 8.83. The van der Waals surface area contributed by atoms with Gasteiger partial charge in [-0.1, -0.05) is 0 Å². The van der Waals surface area contributed by atoms with Crippen LogP contribution in [0.3, 0.4) is 0 Å². The smallest absolute Gasteiger partial charge is 0.413 e. The van der Waals surface area contributed by atoms with Gasteiger partial charge in [-0.2, -0.15) is 4.98 Å². The first kappa shape index (κ1) is 26.9. The zero-order chi connectivity index (χ0) is 27.5. The van der Waals surface area contributed by atoms with Gasteiger partial charge in [-0.05, 0) is 27.7 Å². The van der Waals surface area contributed by atoms with Crippen LogP contribution < -0.4 is 15.4 Å². The molecule has 0 radical (unpaired) electrons. The molecule has 15 heteroatoms. The second kappa shape index (κ2) is 10.5. The number of ether oxygens (including phenoxy) is 3. The van der Waals surface area contributed by atoms with Gasteiger partial charge in [0, 0.05) is 33.5 Å². The van der Waals surface area contributed by atoms with E-state index in [0.717, 1.165) is 0 Å². The van der Waals surface area contributed by atoms with Gasteiger partial charge in [0.25, 0.3) is 5.91 Å². The summed E-state index contributed by atoms with van der Waals surface area (Å²) in [7, 11) is 4.66. The Kier molecular flexibility index (Phi) is 7.64. The molecule has 3 aromatic rings. The number of rotatable bonds is 7. The zero-order valence-corrected chi connectivity index (χ0v) is 21.5. The van der Waals surface area contributed by atoms with Crippen molar-refractivity contribution in [2.45, 2.75) is 33.3 Å². The van der Waals surface area contributed by atoms with E-state index in [2.05, 4.69) is 25.6 Å². The number of hydrogen-bond acceptors (Lipinski definition) is 10. The maximum absolute atomic E-state index is 12.7. The number of anilines is 2. The average molecular weight is 517 g/mol. The number of aryl methyl sites for hydroxylation is 3. The molecule has 0 aromatic carbocycles. The SMILES string of the molecule is CCOC(=O)c1nc(OC(=O)c2nc(NC(=O)c3nc(NC(=O)OC(C)(C)C)cn3C)cn2C)cn1C. The van der Waals surface area contributed by atoms with Crippen LogP contribution in [0.2, 0.25) is 0 Å². The third kappa shape index (κ3) is 6.71. The molecule has 0 saturated heterocycles. The number of imidazole rings is 3. The summed E-state index contributed by atoms with van der Waals surface area (Å²) in [5.41, 5.74) is -0.698. The minimum Gasteiger partial charge on any atom is -0.460 e. The van der Waals surface area contributed by atoms with Crippen LogP contribution in [0.4, 0.5) is 16.4 Å². The fraction of sp³-hybridized carbons (Fsp3) is 0.409. The summed E-state index contributed by atoms with van der Waals surface area (Å²) in [5.74, 6) is -2.31. The normalized spacial score (nSPS) is 11.1.